The van der Waals surface area contributed by atoms with E-state index in [4.69, 9.17) is 4.74 Å². The highest BCUT2D eigenvalue weighted by Crippen LogP contribution is 2.37. The first kappa shape index (κ1) is 18.7. The number of ether oxygens (including phenoxy) is 1. The number of aromatic nitrogens is 1. The fourth-order valence-corrected chi connectivity index (χ4v) is 4.53. The van der Waals surface area contributed by atoms with Gasteiger partial charge in [-0.3, -0.25) is 0 Å². The van der Waals surface area contributed by atoms with Gasteiger partial charge in [-0.15, -0.1) is 23.1 Å². The van der Waals surface area contributed by atoms with E-state index in [0.29, 0.717) is 5.69 Å². The molecule has 0 fully saturated rings. The van der Waals surface area contributed by atoms with E-state index in [1.54, 1.807) is 0 Å². The molecule has 0 N–H and O–H groups in total. The second kappa shape index (κ2) is 7.64. The molecule has 134 valence electrons. The number of rotatable bonds is 4. The zero-order chi connectivity index (χ0) is 18.7. The van der Waals surface area contributed by atoms with Crippen LogP contribution in [0.25, 0.3) is 21.0 Å². The van der Waals surface area contributed by atoms with Gasteiger partial charge in [-0.1, -0.05) is 63.2 Å². The van der Waals surface area contributed by atoms with Crippen LogP contribution in [0.5, 0.6) is 0 Å². The summed E-state index contributed by atoms with van der Waals surface area (Å²) in [5.41, 5.74) is 2.34. The standard InChI is InChI=1S/C21H21NO2S2/c1-21(2,3)26-16-12-10-15(11-13-16)19-22-17(20(23)24-4)18(25-19)14-8-6-5-7-9-14/h5-13H,1-4H3. The van der Waals surface area contributed by atoms with Crippen molar-refractivity contribution in [2.75, 3.05) is 7.11 Å². The summed E-state index contributed by atoms with van der Waals surface area (Å²) in [5.74, 6) is -0.411. The summed E-state index contributed by atoms with van der Waals surface area (Å²) >= 11 is 3.34. The maximum absolute atomic E-state index is 12.2. The molecule has 0 aliphatic heterocycles. The van der Waals surface area contributed by atoms with Crippen molar-refractivity contribution in [1.29, 1.82) is 0 Å². The van der Waals surface area contributed by atoms with Crippen LogP contribution in [-0.4, -0.2) is 22.8 Å². The maximum Gasteiger partial charge on any atom is 0.358 e. The molecule has 5 heteroatoms. The van der Waals surface area contributed by atoms with Gasteiger partial charge in [0.05, 0.1) is 12.0 Å². The van der Waals surface area contributed by atoms with Crippen LogP contribution in [0, 0.1) is 0 Å². The molecule has 0 radical (unpaired) electrons. The van der Waals surface area contributed by atoms with Crippen LogP contribution in [0.2, 0.25) is 0 Å². The largest absolute Gasteiger partial charge is 0.464 e. The minimum absolute atomic E-state index is 0.168. The predicted molar refractivity (Wildman–Crippen MR) is 110 cm³/mol. The molecule has 3 nitrogen and oxygen atoms in total. The predicted octanol–water partition coefficient (Wildman–Crippen LogP) is 6.15. The Morgan fingerprint density at radius 1 is 1.00 bits per heavy atom. The number of carbonyl (C=O) groups is 1. The molecule has 1 heterocycles. The minimum atomic E-state index is -0.411. The van der Waals surface area contributed by atoms with E-state index in [0.717, 1.165) is 21.0 Å². The van der Waals surface area contributed by atoms with Gasteiger partial charge in [-0.25, -0.2) is 9.78 Å². The molecule has 3 rings (SSSR count). The molecule has 0 unspecified atom stereocenters. The van der Waals surface area contributed by atoms with Crippen molar-refractivity contribution in [2.24, 2.45) is 0 Å². The Morgan fingerprint density at radius 2 is 1.65 bits per heavy atom. The lowest BCUT2D eigenvalue weighted by atomic mass is 10.1. The average Bonchev–Trinajstić information content (AvgIpc) is 3.06. The second-order valence-electron chi connectivity index (χ2n) is 6.79. The minimum Gasteiger partial charge on any atom is -0.464 e. The fourth-order valence-electron chi connectivity index (χ4n) is 2.48. The molecule has 0 aliphatic carbocycles. The van der Waals surface area contributed by atoms with Crippen molar-refractivity contribution < 1.29 is 9.53 Å². The van der Waals surface area contributed by atoms with Gasteiger partial charge in [0, 0.05) is 15.2 Å². The van der Waals surface area contributed by atoms with Gasteiger partial charge in [-0.2, -0.15) is 0 Å². The summed E-state index contributed by atoms with van der Waals surface area (Å²) in [4.78, 5) is 18.8. The monoisotopic (exact) mass is 383 g/mol. The summed E-state index contributed by atoms with van der Waals surface area (Å²) in [6.45, 7) is 6.59. The van der Waals surface area contributed by atoms with Gasteiger partial charge in [0.25, 0.3) is 0 Å². The molecule has 0 saturated carbocycles. The lowest BCUT2D eigenvalue weighted by molar-refractivity contribution is 0.0596. The summed E-state index contributed by atoms with van der Waals surface area (Å²) in [6, 6.07) is 18.1. The van der Waals surface area contributed by atoms with Crippen LogP contribution in [0.4, 0.5) is 0 Å². The normalized spacial score (nSPS) is 11.4. The van der Waals surface area contributed by atoms with Crippen LogP contribution in [0.1, 0.15) is 31.3 Å². The Morgan fingerprint density at radius 3 is 2.23 bits per heavy atom. The van der Waals surface area contributed by atoms with Crippen LogP contribution >= 0.6 is 23.1 Å². The third-order valence-electron chi connectivity index (χ3n) is 3.57. The maximum atomic E-state index is 12.2. The topological polar surface area (TPSA) is 39.2 Å². The molecular formula is C21H21NO2S2. The Hall–Kier alpha value is -2.11. The van der Waals surface area contributed by atoms with Gasteiger partial charge in [0.15, 0.2) is 5.69 Å². The number of hydrogen-bond acceptors (Lipinski definition) is 5. The van der Waals surface area contributed by atoms with Crippen LogP contribution < -0.4 is 0 Å². The Bertz CT molecular complexity index is 894. The van der Waals surface area contributed by atoms with E-state index >= 15 is 0 Å². The van der Waals surface area contributed by atoms with Crippen molar-refractivity contribution >= 4 is 29.1 Å². The van der Waals surface area contributed by atoms with Crippen molar-refractivity contribution in [3.05, 3.63) is 60.3 Å². The van der Waals surface area contributed by atoms with E-state index in [9.17, 15) is 4.79 Å². The molecule has 0 spiro atoms. The molecule has 0 amide bonds. The molecular weight excluding hydrogens is 362 g/mol. The second-order valence-corrected chi connectivity index (χ2v) is 9.69. The van der Waals surface area contributed by atoms with Crippen LogP contribution in [0.15, 0.2) is 59.5 Å². The van der Waals surface area contributed by atoms with E-state index in [1.807, 2.05) is 42.1 Å². The zero-order valence-corrected chi connectivity index (χ0v) is 16.9. The molecule has 0 aliphatic rings. The third kappa shape index (κ3) is 4.34. The summed E-state index contributed by atoms with van der Waals surface area (Å²) in [6.07, 6.45) is 0. The highest BCUT2D eigenvalue weighted by Gasteiger charge is 2.21. The number of hydrogen-bond donors (Lipinski definition) is 0. The molecule has 0 saturated heterocycles. The highest BCUT2D eigenvalue weighted by molar-refractivity contribution is 8.00. The smallest absolute Gasteiger partial charge is 0.358 e. The third-order valence-corrected chi connectivity index (χ3v) is 5.84. The molecule has 26 heavy (non-hydrogen) atoms. The van der Waals surface area contributed by atoms with Crippen molar-refractivity contribution in [2.45, 2.75) is 30.4 Å². The number of benzene rings is 2. The molecule has 0 atom stereocenters. The summed E-state index contributed by atoms with van der Waals surface area (Å²) in [5, 5.41) is 0.816. The van der Waals surface area contributed by atoms with Crippen molar-refractivity contribution in [3.63, 3.8) is 0 Å². The molecule has 1 aromatic heterocycles. The number of esters is 1. The first-order chi connectivity index (χ1) is 12.4. The average molecular weight is 384 g/mol. The Labute approximate surface area is 162 Å². The zero-order valence-electron chi connectivity index (χ0n) is 15.3. The Balaban J connectivity index is 1.98. The molecule has 0 bridgehead atoms. The van der Waals surface area contributed by atoms with E-state index in [-0.39, 0.29) is 4.75 Å². The van der Waals surface area contributed by atoms with Gasteiger partial charge >= 0.3 is 5.97 Å². The highest BCUT2D eigenvalue weighted by atomic mass is 32.2. The fraction of sp³-hybridized carbons (Fsp3) is 0.238. The number of nitrogens with zero attached hydrogens (tertiary/aromatic N) is 1. The van der Waals surface area contributed by atoms with E-state index in [1.165, 1.54) is 23.3 Å². The number of thiazole rings is 1. The van der Waals surface area contributed by atoms with Crippen LogP contribution in [-0.2, 0) is 4.74 Å². The first-order valence-corrected chi connectivity index (χ1v) is 9.95. The first-order valence-electron chi connectivity index (χ1n) is 8.31. The molecule has 3 aromatic rings. The van der Waals surface area contributed by atoms with Gasteiger partial charge in [0.1, 0.15) is 5.01 Å². The van der Waals surface area contributed by atoms with Gasteiger partial charge in [0.2, 0.25) is 0 Å². The lowest BCUT2D eigenvalue weighted by Gasteiger charge is -2.17. The van der Waals surface area contributed by atoms with Crippen molar-refractivity contribution in [1.82, 2.24) is 4.98 Å². The lowest BCUT2D eigenvalue weighted by Crippen LogP contribution is -2.06. The van der Waals surface area contributed by atoms with Gasteiger partial charge < -0.3 is 4.74 Å². The number of thioether (sulfide) groups is 1. The SMILES string of the molecule is COC(=O)c1nc(-c2ccc(SC(C)(C)C)cc2)sc1-c1ccccc1. The van der Waals surface area contributed by atoms with E-state index in [2.05, 4.69) is 50.0 Å². The molecule has 2 aromatic carbocycles. The van der Waals surface area contributed by atoms with E-state index < -0.39 is 5.97 Å². The number of carbonyl (C=O) groups excluding carboxylic acids is 1. The number of methoxy groups -OCH3 is 1. The Kier molecular flexibility index (Phi) is 5.49. The summed E-state index contributed by atoms with van der Waals surface area (Å²) < 4.78 is 5.09. The van der Waals surface area contributed by atoms with Crippen molar-refractivity contribution in [3.8, 4) is 21.0 Å². The summed E-state index contributed by atoms with van der Waals surface area (Å²) in [7, 11) is 1.38. The van der Waals surface area contributed by atoms with Gasteiger partial charge in [-0.05, 0) is 17.7 Å². The van der Waals surface area contributed by atoms with Crippen LogP contribution in [0.3, 0.4) is 0 Å². The quantitative estimate of drug-likeness (QED) is 0.400.